The number of esters is 1. The number of carbonyl (C=O) groups is 1. The van der Waals surface area contributed by atoms with Crippen LogP contribution in [0.4, 0.5) is 0 Å². The number of allylic oxidation sites excluding steroid dienone is 1. The van der Waals surface area contributed by atoms with Crippen LogP contribution in [-0.4, -0.2) is 12.6 Å². The Morgan fingerprint density at radius 1 is 1.39 bits per heavy atom. The summed E-state index contributed by atoms with van der Waals surface area (Å²) < 4.78 is 10.4. The molecular weight excluding hydrogens is 228 g/mol. The average molecular weight is 250 g/mol. The number of hydrogen-bond acceptors (Lipinski definition) is 3. The summed E-state index contributed by atoms with van der Waals surface area (Å²) in [5.74, 6) is 1.81. The van der Waals surface area contributed by atoms with Crippen LogP contribution >= 0.6 is 0 Å². The summed E-state index contributed by atoms with van der Waals surface area (Å²) in [4.78, 5) is 11.0. The van der Waals surface area contributed by atoms with Crippen LogP contribution in [-0.2, 0) is 16.0 Å². The van der Waals surface area contributed by atoms with E-state index in [0.29, 0.717) is 6.61 Å². The van der Waals surface area contributed by atoms with Gasteiger partial charge in [-0.3, -0.25) is 0 Å². The lowest BCUT2D eigenvalue weighted by Crippen LogP contribution is -1.98. The fourth-order valence-corrected chi connectivity index (χ4v) is 1.70. The molecule has 0 unspecified atom stereocenters. The molecule has 1 rings (SSSR count). The molecule has 0 aliphatic carbocycles. The number of hydrogen-bond donors (Lipinski definition) is 0. The van der Waals surface area contributed by atoms with E-state index in [1.54, 1.807) is 6.92 Å². The maximum Gasteiger partial charge on any atom is 0.330 e. The van der Waals surface area contributed by atoms with Crippen LogP contribution in [0.2, 0.25) is 0 Å². The first-order valence-electron chi connectivity index (χ1n) is 6.52. The number of unbranched alkanes of at least 4 members (excludes halogenated alkanes) is 2. The predicted molar refractivity (Wildman–Crippen MR) is 71.5 cm³/mol. The lowest BCUT2D eigenvalue weighted by atomic mass is 10.1. The molecule has 18 heavy (non-hydrogen) atoms. The van der Waals surface area contributed by atoms with Crippen LogP contribution < -0.4 is 0 Å². The van der Waals surface area contributed by atoms with E-state index in [0.717, 1.165) is 37.2 Å². The predicted octanol–water partition coefficient (Wildman–Crippen LogP) is 3.73. The molecule has 0 fully saturated rings. The number of furan rings is 1. The first kappa shape index (κ1) is 14.6. The summed E-state index contributed by atoms with van der Waals surface area (Å²) in [7, 11) is 0. The van der Waals surface area contributed by atoms with Crippen molar-refractivity contribution < 1.29 is 13.9 Å². The largest absolute Gasteiger partial charge is 0.466 e. The first-order chi connectivity index (χ1) is 8.63. The molecule has 0 radical (unpaired) electrons. The second kappa shape index (κ2) is 7.75. The Labute approximate surface area is 109 Å². The highest BCUT2D eigenvalue weighted by atomic mass is 16.5. The third-order valence-corrected chi connectivity index (χ3v) is 2.80. The van der Waals surface area contributed by atoms with Gasteiger partial charge in [0.15, 0.2) is 0 Å². The zero-order valence-corrected chi connectivity index (χ0v) is 11.5. The molecular formula is C15H22O3. The van der Waals surface area contributed by atoms with Gasteiger partial charge in [0, 0.05) is 12.5 Å². The van der Waals surface area contributed by atoms with Crippen LogP contribution in [0.25, 0.3) is 0 Å². The maximum absolute atomic E-state index is 11.0. The van der Waals surface area contributed by atoms with Gasteiger partial charge in [0.05, 0.1) is 6.61 Å². The summed E-state index contributed by atoms with van der Waals surface area (Å²) in [5, 5.41) is 0. The van der Waals surface area contributed by atoms with Crippen LogP contribution in [0.3, 0.4) is 0 Å². The molecule has 0 aromatic carbocycles. The molecule has 0 aliphatic rings. The van der Waals surface area contributed by atoms with E-state index < -0.39 is 0 Å². The van der Waals surface area contributed by atoms with E-state index in [9.17, 15) is 4.79 Å². The summed E-state index contributed by atoms with van der Waals surface area (Å²) in [6.45, 7) is 6.28. The number of ether oxygens (including phenoxy) is 1. The molecule has 0 N–H and O–H groups in total. The van der Waals surface area contributed by atoms with Crippen LogP contribution in [0.5, 0.6) is 0 Å². The minimum atomic E-state index is -0.255. The molecule has 0 saturated carbocycles. The van der Waals surface area contributed by atoms with Gasteiger partial charge in [-0.15, -0.1) is 0 Å². The molecule has 0 saturated heterocycles. The van der Waals surface area contributed by atoms with E-state index in [2.05, 4.69) is 13.0 Å². The van der Waals surface area contributed by atoms with Crippen molar-refractivity contribution in [1.82, 2.24) is 0 Å². The molecule has 1 aromatic heterocycles. The third kappa shape index (κ3) is 5.21. The minimum absolute atomic E-state index is 0.255. The van der Waals surface area contributed by atoms with Crippen LogP contribution in [0.15, 0.2) is 22.6 Å². The van der Waals surface area contributed by atoms with E-state index in [-0.39, 0.29) is 5.97 Å². The zero-order chi connectivity index (χ0) is 13.4. The average Bonchev–Trinajstić information content (AvgIpc) is 2.63. The molecule has 100 valence electrons. The maximum atomic E-state index is 11.0. The van der Waals surface area contributed by atoms with E-state index >= 15 is 0 Å². The summed E-state index contributed by atoms with van der Waals surface area (Å²) in [6, 6.07) is 2.10. The Hall–Kier alpha value is -1.51. The van der Waals surface area contributed by atoms with Crippen LogP contribution in [0.1, 0.15) is 43.3 Å². The molecule has 0 atom stereocenters. The van der Waals surface area contributed by atoms with Crippen molar-refractivity contribution in [1.29, 1.82) is 0 Å². The van der Waals surface area contributed by atoms with Crippen molar-refractivity contribution in [3.63, 3.8) is 0 Å². The Balaban J connectivity index is 2.14. The lowest BCUT2D eigenvalue weighted by Gasteiger charge is -1.96. The second-order valence-corrected chi connectivity index (χ2v) is 4.35. The van der Waals surface area contributed by atoms with Crippen molar-refractivity contribution in [3.8, 4) is 0 Å². The Morgan fingerprint density at radius 3 is 2.78 bits per heavy atom. The normalized spacial score (nSPS) is 11.1. The monoisotopic (exact) mass is 250 g/mol. The lowest BCUT2D eigenvalue weighted by molar-refractivity contribution is -0.137. The van der Waals surface area contributed by atoms with Gasteiger partial charge in [-0.25, -0.2) is 4.79 Å². The minimum Gasteiger partial charge on any atom is -0.466 e. The Kier molecular flexibility index (Phi) is 6.26. The summed E-state index contributed by atoms with van der Waals surface area (Å²) in [6.07, 6.45) is 7.36. The summed E-state index contributed by atoms with van der Waals surface area (Å²) >= 11 is 0. The Morgan fingerprint density at radius 2 is 2.17 bits per heavy atom. The zero-order valence-electron chi connectivity index (χ0n) is 11.5. The fraction of sp³-hybridized carbons (Fsp3) is 0.533. The quantitative estimate of drug-likeness (QED) is 0.420. The SMILES string of the molecule is CCOC(=O)/C=C/CCCCc1cc(C)c(C)o1. The number of rotatable bonds is 7. The van der Waals surface area contributed by atoms with Crippen molar-refractivity contribution in [2.45, 2.75) is 46.5 Å². The van der Waals surface area contributed by atoms with Crippen molar-refractivity contribution in [2.75, 3.05) is 6.61 Å². The van der Waals surface area contributed by atoms with Gasteiger partial charge >= 0.3 is 5.97 Å². The van der Waals surface area contributed by atoms with Gasteiger partial charge in [0.25, 0.3) is 0 Å². The van der Waals surface area contributed by atoms with Crippen molar-refractivity contribution >= 4 is 5.97 Å². The smallest absolute Gasteiger partial charge is 0.330 e. The van der Waals surface area contributed by atoms with Gasteiger partial charge < -0.3 is 9.15 Å². The molecule has 3 nitrogen and oxygen atoms in total. The van der Waals surface area contributed by atoms with Crippen molar-refractivity contribution in [2.24, 2.45) is 0 Å². The third-order valence-electron chi connectivity index (χ3n) is 2.80. The van der Waals surface area contributed by atoms with Crippen LogP contribution in [0, 0.1) is 13.8 Å². The number of carbonyl (C=O) groups excluding carboxylic acids is 1. The fourth-order valence-electron chi connectivity index (χ4n) is 1.70. The Bertz CT molecular complexity index is 382. The van der Waals surface area contributed by atoms with Gasteiger partial charge in [-0.05, 0) is 51.7 Å². The van der Waals surface area contributed by atoms with E-state index in [4.69, 9.17) is 9.15 Å². The highest BCUT2D eigenvalue weighted by molar-refractivity contribution is 5.81. The highest BCUT2D eigenvalue weighted by Gasteiger charge is 2.02. The first-order valence-corrected chi connectivity index (χ1v) is 6.52. The molecule has 0 aliphatic heterocycles. The topological polar surface area (TPSA) is 39.4 Å². The van der Waals surface area contributed by atoms with Gasteiger partial charge in [-0.2, -0.15) is 0 Å². The van der Waals surface area contributed by atoms with Crippen molar-refractivity contribution in [3.05, 3.63) is 35.3 Å². The number of aryl methyl sites for hydroxylation is 3. The molecule has 0 spiro atoms. The standard InChI is InChI=1S/C15H22O3/c1-4-17-15(16)10-8-6-5-7-9-14-11-12(2)13(3)18-14/h8,10-11H,4-7,9H2,1-3H3/b10-8+. The van der Waals surface area contributed by atoms with Gasteiger partial charge in [-0.1, -0.05) is 6.08 Å². The summed E-state index contributed by atoms with van der Waals surface area (Å²) in [5.41, 5.74) is 1.22. The van der Waals surface area contributed by atoms with E-state index in [1.807, 2.05) is 13.0 Å². The van der Waals surface area contributed by atoms with Gasteiger partial charge in [0.2, 0.25) is 0 Å². The second-order valence-electron chi connectivity index (χ2n) is 4.35. The molecule has 0 bridgehead atoms. The van der Waals surface area contributed by atoms with Gasteiger partial charge in [0.1, 0.15) is 11.5 Å². The molecule has 1 aromatic rings. The molecule has 0 amide bonds. The molecule has 1 heterocycles. The molecule has 3 heteroatoms. The highest BCUT2D eigenvalue weighted by Crippen LogP contribution is 2.15. The van der Waals surface area contributed by atoms with E-state index in [1.165, 1.54) is 11.6 Å².